The molecule has 0 amide bonds. The normalized spacial score (nSPS) is 12.0. The van der Waals surface area contributed by atoms with Gasteiger partial charge in [0.1, 0.15) is 33.9 Å². The van der Waals surface area contributed by atoms with Crippen LogP contribution in [-0.4, -0.2) is 0 Å². The van der Waals surface area contributed by atoms with E-state index in [-0.39, 0.29) is 0 Å². The standard InChI is InChI=1S/C40H40O3/c1-3-5-7-9-11-27-13-17-29(18-14-27)35-23-31-21-33-34-22-32-24-36(30-19-15-28(16-20-30)12-10-8-6-4-2)42-38(32)26-40(34)43-39(33)25-37(31)41-35/h13-26H,3-12H2,1-2H3. The quantitative estimate of drug-likeness (QED) is 0.138. The summed E-state index contributed by atoms with van der Waals surface area (Å²) in [6.45, 7) is 4.51. The van der Waals surface area contributed by atoms with Gasteiger partial charge in [0.15, 0.2) is 0 Å². The van der Waals surface area contributed by atoms with Crippen molar-refractivity contribution in [3.63, 3.8) is 0 Å². The topological polar surface area (TPSA) is 39.4 Å². The fraction of sp³-hybridized carbons (Fsp3) is 0.300. The molecule has 0 unspecified atom stereocenters. The fourth-order valence-corrected chi connectivity index (χ4v) is 6.31. The van der Waals surface area contributed by atoms with Crippen molar-refractivity contribution in [2.45, 2.75) is 78.1 Å². The maximum atomic E-state index is 6.32. The number of unbranched alkanes of at least 4 members (excludes halogenated alkanes) is 6. The van der Waals surface area contributed by atoms with Crippen molar-refractivity contribution in [3.8, 4) is 22.6 Å². The third kappa shape index (κ3) is 5.73. The van der Waals surface area contributed by atoms with E-state index in [9.17, 15) is 0 Å². The van der Waals surface area contributed by atoms with Gasteiger partial charge in [0.25, 0.3) is 0 Å². The molecule has 3 nitrogen and oxygen atoms in total. The highest BCUT2D eigenvalue weighted by atomic mass is 16.4. The summed E-state index contributed by atoms with van der Waals surface area (Å²) in [5.74, 6) is 1.77. The smallest absolute Gasteiger partial charge is 0.139 e. The molecule has 0 saturated carbocycles. The molecule has 3 heteroatoms. The molecule has 3 aromatic heterocycles. The number of aryl methyl sites for hydroxylation is 2. The number of rotatable bonds is 12. The van der Waals surface area contributed by atoms with E-state index in [1.54, 1.807) is 0 Å². The Balaban J connectivity index is 1.14. The predicted molar refractivity (Wildman–Crippen MR) is 180 cm³/mol. The van der Waals surface area contributed by atoms with Crippen LogP contribution in [0.15, 0.2) is 98.2 Å². The van der Waals surface area contributed by atoms with Gasteiger partial charge < -0.3 is 13.3 Å². The Kier molecular flexibility index (Phi) is 7.80. The third-order valence-electron chi connectivity index (χ3n) is 8.86. The molecule has 0 fully saturated rings. The average molecular weight is 569 g/mol. The molecule has 0 radical (unpaired) electrons. The lowest BCUT2D eigenvalue weighted by molar-refractivity contribution is 0.625. The van der Waals surface area contributed by atoms with Gasteiger partial charge in [0.2, 0.25) is 0 Å². The SMILES string of the molecule is CCCCCCc1ccc(-c2cc3cc4c(cc3o2)oc2cc3oc(-c5ccc(CCCCCC)cc5)cc3cc24)cc1. The van der Waals surface area contributed by atoms with Crippen LogP contribution >= 0.6 is 0 Å². The molecular weight excluding hydrogens is 528 g/mol. The molecule has 0 aliphatic heterocycles. The fourth-order valence-electron chi connectivity index (χ4n) is 6.31. The average Bonchev–Trinajstić information content (AvgIpc) is 3.74. The van der Waals surface area contributed by atoms with Crippen molar-refractivity contribution in [1.29, 1.82) is 0 Å². The van der Waals surface area contributed by atoms with E-state index in [1.807, 2.05) is 12.1 Å². The Morgan fingerprint density at radius 1 is 0.419 bits per heavy atom. The van der Waals surface area contributed by atoms with Crippen molar-refractivity contribution in [2.24, 2.45) is 0 Å². The third-order valence-corrected chi connectivity index (χ3v) is 8.86. The number of hydrogen-bond donors (Lipinski definition) is 0. The monoisotopic (exact) mass is 568 g/mol. The number of furan rings is 3. The zero-order chi connectivity index (χ0) is 29.2. The van der Waals surface area contributed by atoms with E-state index in [1.165, 1.54) is 62.5 Å². The van der Waals surface area contributed by atoms with Crippen LogP contribution in [0.25, 0.3) is 66.5 Å². The second kappa shape index (κ2) is 12.2. The van der Waals surface area contributed by atoms with Gasteiger partial charge in [0, 0.05) is 44.8 Å². The van der Waals surface area contributed by atoms with Crippen LogP contribution in [0.1, 0.15) is 76.3 Å². The van der Waals surface area contributed by atoms with Crippen LogP contribution < -0.4 is 0 Å². The van der Waals surface area contributed by atoms with E-state index < -0.39 is 0 Å². The minimum Gasteiger partial charge on any atom is -0.456 e. The number of benzene rings is 4. The lowest BCUT2D eigenvalue weighted by Gasteiger charge is -2.02. The molecule has 0 aliphatic carbocycles. The molecule has 0 spiro atoms. The van der Waals surface area contributed by atoms with Crippen molar-refractivity contribution in [2.75, 3.05) is 0 Å². The van der Waals surface area contributed by atoms with Gasteiger partial charge in [0.05, 0.1) is 0 Å². The lowest BCUT2D eigenvalue weighted by Crippen LogP contribution is -1.85. The molecule has 0 bridgehead atoms. The highest BCUT2D eigenvalue weighted by Crippen LogP contribution is 2.39. The largest absolute Gasteiger partial charge is 0.456 e. The van der Waals surface area contributed by atoms with Gasteiger partial charge in [-0.25, -0.2) is 0 Å². The van der Waals surface area contributed by atoms with Gasteiger partial charge in [-0.2, -0.15) is 0 Å². The van der Waals surface area contributed by atoms with Crippen LogP contribution in [0.4, 0.5) is 0 Å². The summed E-state index contributed by atoms with van der Waals surface area (Å²) in [6, 6.07) is 30.4. The van der Waals surface area contributed by atoms with E-state index in [2.05, 4.69) is 86.6 Å². The minimum atomic E-state index is 0.827. The van der Waals surface area contributed by atoms with E-state index in [4.69, 9.17) is 13.3 Å². The second-order valence-corrected chi connectivity index (χ2v) is 12.1. The van der Waals surface area contributed by atoms with E-state index in [0.29, 0.717) is 0 Å². The Labute approximate surface area is 253 Å². The number of hydrogen-bond acceptors (Lipinski definition) is 3. The van der Waals surface area contributed by atoms with Gasteiger partial charge in [-0.15, -0.1) is 0 Å². The summed E-state index contributed by atoms with van der Waals surface area (Å²) in [5.41, 5.74) is 8.32. The molecule has 3 heterocycles. The summed E-state index contributed by atoms with van der Waals surface area (Å²) >= 11 is 0. The van der Waals surface area contributed by atoms with Gasteiger partial charge >= 0.3 is 0 Å². The second-order valence-electron chi connectivity index (χ2n) is 12.1. The summed E-state index contributed by atoms with van der Waals surface area (Å²) in [5, 5.41) is 4.34. The van der Waals surface area contributed by atoms with Crippen LogP contribution in [-0.2, 0) is 12.8 Å². The molecule has 0 saturated heterocycles. The molecule has 43 heavy (non-hydrogen) atoms. The van der Waals surface area contributed by atoms with E-state index in [0.717, 1.165) is 79.4 Å². The van der Waals surface area contributed by atoms with Crippen molar-refractivity contribution < 1.29 is 13.3 Å². The zero-order valence-corrected chi connectivity index (χ0v) is 25.4. The maximum Gasteiger partial charge on any atom is 0.139 e. The molecular formula is C40H40O3. The highest BCUT2D eigenvalue weighted by Gasteiger charge is 2.15. The van der Waals surface area contributed by atoms with E-state index >= 15 is 0 Å². The molecule has 7 aromatic rings. The van der Waals surface area contributed by atoms with Crippen LogP contribution in [0, 0.1) is 0 Å². The molecule has 0 atom stereocenters. The minimum absolute atomic E-state index is 0.827. The van der Waals surface area contributed by atoms with Gasteiger partial charge in [-0.05, 0) is 61.1 Å². The van der Waals surface area contributed by atoms with Gasteiger partial charge in [-0.3, -0.25) is 0 Å². The predicted octanol–water partition coefficient (Wildman–Crippen LogP) is 12.7. The van der Waals surface area contributed by atoms with Crippen LogP contribution in [0.3, 0.4) is 0 Å². The Morgan fingerprint density at radius 2 is 0.860 bits per heavy atom. The zero-order valence-electron chi connectivity index (χ0n) is 25.4. The molecule has 4 aromatic carbocycles. The highest BCUT2D eigenvalue weighted by molar-refractivity contribution is 6.13. The Bertz CT molecular complexity index is 1840. The van der Waals surface area contributed by atoms with Crippen molar-refractivity contribution in [1.82, 2.24) is 0 Å². The van der Waals surface area contributed by atoms with Crippen molar-refractivity contribution in [3.05, 3.63) is 96.1 Å². The Morgan fingerprint density at radius 3 is 1.28 bits per heavy atom. The maximum absolute atomic E-state index is 6.32. The molecule has 0 aliphatic rings. The first-order chi connectivity index (χ1) is 21.2. The first kappa shape index (κ1) is 27.6. The lowest BCUT2D eigenvalue weighted by atomic mass is 10.0. The molecule has 7 rings (SSSR count). The first-order valence-corrected chi connectivity index (χ1v) is 16.2. The molecule has 218 valence electrons. The van der Waals surface area contributed by atoms with Gasteiger partial charge in [-0.1, -0.05) is 101 Å². The first-order valence-electron chi connectivity index (χ1n) is 16.2. The van der Waals surface area contributed by atoms with Crippen LogP contribution in [0.5, 0.6) is 0 Å². The summed E-state index contributed by atoms with van der Waals surface area (Å²) in [4.78, 5) is 0. The summed E-state index contributed by atoms with van der Waals surface area (Å²) in [6.07, 6.45) is 12.6. The summed E-state index contributed by atoms with van der Waals surface area (Å²) in [7, 11) is 0. The summed E-state index contributed by atoms with van der Waals surface area (Å²) < 4.78 is 18.9. The Hall–Kier alpha value is -4.24. The number of fused-ring (bicyclic) bond motifs is 5. The molecule has 0 N–H and O–H groups in total. The van der Waals surface area contributed by atoms with Crippen molar-refractivity contribution >= 4 is 43.9 Å². The van der Waals surface area contributed by atoms with Crippen LogP contribution in [0.2, 0.25) is 0 Å².